The number of nitrogens with zero attached hydrogens (tertiary/aromatic N) is 2. The number of ether oxygens (including phenoxy) is 4. The molecule has 218 valence electrons. The molecule has 7 nitrogen and oxygen atoms in total. The molecule has 42 heavy (non-hydrogen) atoms. The van der Waals surface area contributed by atoms with Gasteiger partial charge in [0.15, 0.2) is 0 Å². The Bertz CT molecular complexity index is 1300. The molecule has 0 radical (unpaired) electrons. The molecule has 7 heteroatoms. The lowest BCUT2D eigenvalue weighted by atomic mass is 10.1. The van der Waals surface area contributed by atoms with Gasteiger partial charge in [-0.2, -0.15) is 0 Å². The van der Waals surface area contributed by atoms with E-state index in [9.17, 15) is 0 Å². The third kappa shape index (κ3) is 9.26. The number of imidazole rings is 1. The summed E-state index contributed by atoms with van der Waals surface area (Å²) in [6.45, 7) is 6.22. The van der Waals surface area contributed by atoms with E-state index in [1.807, 2.05) is 36.4 Å². The number of anilines is 1. The Morgan fingerprint density at radius 3 is 1.60 bits per heavy atom. The van der Waals surface area contributed by atoms with Crippen LogP contribution in [0.1, 0.15) is 22.5 Å². The van der Waals surface area contributed by atoms with Crippen LogP contribution in [0.3, 0.4) is 0 Å². The minimum atomic E-state index is 0.572. The van der Waals surface area contributed by atoms with E-state index in [2.05, 4.69) is 82.7 Å². The van der Waals surface area contributed by atoms with Gasteiger partial charge in [0.1, 0.15) is 5.82 Å². The van der Waals surface area contributed by atoms with Crippen LogP contribution in [0.25, 0.3) is 35.7 Å². The average Bonchev–Trinajstić information content (AvgIpc) is 3.45. The molecule has 1 aliphatic rings. The van der Waals surface area contributed by atoms with Crippen LogP contribution in [0, 0.1) is 0 Å². The molecule has 2 heterocycles. The maximum Gasteiger partial charge on any atom is 0.138 e. The van der Waals surface area contributed by atoms with Gasteiger partial charge in [-0.3, -0.25) is 0 Å². The van der Waals surface area contributed by atoms with Gasteiger partial charge in [0.25, 0.3) is 0 Å². The number of aromatic amines is 1. The first-order chi connectivity index (χ1) is 20.8. The summed E-state index contributed by atoms with van der Waals surface area (Å²) >= 11 is 0. The maximum absolute atomic E-state index is 5.80. The molecule has 0 amide bonds. The van der Waals surface area contributed by atoms with Gasteiger partial charge in [0.2, 0.25) is 0 Å². The van der Waals surface area contributed by atoms with Gasteiger partial charge in [-0.05, 0) is 47.5 Å². The van der Waals surface area contributed by atoms with Gasteiger partial charge in [0.05, 0.1) is 64.2 Å². The van der Waals surface area contributed by atoms with Crippen molar-refractivity contribution in [3.63, 3.8) is 0 Å². The fourth-order valence-corrected chi connectivity index (χ4v) is 4.59. The summed E-state index contributed by atoms with van der Waals surface area (Å²) < 4.78 is 22.7. The number of nitrogens with one attached hydrogen (secondary N) is 1. The number of rotatable bonds is 6. The standard InChI is InChI=1S/C35H39N3O4/c1-3-7-29(8-4-1)11-17-33-34(18-12-30-9-5-2-6-10-30)37-35(36-33)31-13-15-32(16-14-31)38-19-21-39-23-25-41-27-28-42-26-24-40-22-20-38/h1-18H,19-28H2,(H,36,37)/b17-11+,18-12+. The lowest BCUT2D eigenvalue weighted by Crippen LogP contribution is -2.31. The van der Waals surface area contributed by atoms with Crippen molar-refractivity contribution < 1.29 is 18.9 Å². The van der Waals surface area contributed by atoms with E-state index >= 15 is 0 Å². The Hall–Kier alpha value is -4.01. The molecule has 0 atom stereocenters. The summed E-state index contributed by atoms with van der Waals surface area (Å²) in [5.74, 6) is 0.825. The minimum Gasteiger partial charge on any atom is -0.377 e. The molecule has 0 aliphatic carbocycles. The molecule has 5 rings (SSSR count). The summed E-state index contributed by atoms with van der Waals surface area (Å²) in [7, 11) is 0. The molecule has 4 aromatic rings. The lowest BCUT2D eigenvalue weighted by molar-refractivity contribution is 0.00206. The minimum absolute atomic E-state index is 0.572. The molecular weight excluding hydrogens is 526 g/mol. The second kappa shape index (κ2) is 16.4. The maximum atomic E-state index is 5.80. The molecule has 0 saturated carbocycles. The predicted molar refractivity (Wildman–Crippen MR) is 170 cm³/mol. The van der Waals surface area contributed by atoms with Crippen LogP contribution >= 0.6 is 0 Å². The highest BCUT2D eigenvalue weighted by atomic mass is 16.6. The average molecular weight is 566 g/mol. The fourth-order valence-electron chi connectivity index (χ4n) is 4.59. The van der Waals surface area contributed by atoms with Crippen molar-refractivity contribution in [1.82, 2.24) is 9.97 Å². The second-order valence-electron chi connectivity index (χ2n) is 9.86. The van der Waals surface area contributed by atoms with Crippen LogP contribution in [-0.2, 0) is 18.9 Å². The zero-order valence-electron chi connectivity index (χ0n) is 24.0. The van der Waals surface area contributed by atoms with Crippen LogP contribution in [0.15, 0.2) is 84.9 Å². The van der Waals surface area contributed by atoms with Crippen LogP contribution < -0.4 is 4.90 Å². The smallest absolute Gasteiger partial charge is 0.138 e. The second-order valence-corrected chi connectivity index (χ2v) is 9.86. The Labute approximate surface area is 248 Å². The topological polar surface area (TPSA) is 68.8 Å². The molecule has 0 bridgehead atoms. The predicted octanol–water partition coefficient (Wildman–Crippen LogP) is 6.30. The van der Waals surface area contributed by atoms with Crippen molar-refractivity contribution in [2.75, 3.05) is 70.8 Å². The summed E-state index contributed by atoms with van der Waals surface area (Å²) in [6.07, 6.45) is 8.34. The zero-order valence-corrected chi connectivity index (χ0v) is 24.0. The number of hydrogen-bond donors (Lipinski definition) is 1. The Morgan fingerprint density at radius 2 is 1.05 bits per heavy atom. The van der Waals surface area contributed by atoms with Crippen molar-refractivity contribution >= 4 is 30.0 Å². The van der Waals surface area contributed by atoms with E-state index < -0.39 is 0 Å². The Balaban J connectivity index is 1.32. The largest absolute Gasteiger partial charge is 0.377 e. The monoisotopic (exact) mass is 565 g/mol. The molecule has 1 aromatic heterocycles. The van der Waals surface area contributed by atoms with E-state index in [0.717, 1.165) is 52.7 Å². The zero-order chi connectivity index (χ0) is 28.7. The van der Waals surface area contributed by atoms with Gasteiger partial charge in [-0.15, -0.1) is 0 Å². The van der Waals surface area contributed by atoms with E-state index in [4.69, 9.17) is 23.9 Å². The molecule has 0 unspecified atom stereocenters. The molecule has 3 aromatic carbocycles. The summed E-state index contributed by atoms with van der Waals surface area (Å²) in [4.78, 5) is 10.8. The van der Waals surface area contributed by atoms with E-state index in [1.54, 1.807) is 0 Å². The van der Waals surface area contributed by atoms with Crippen molar-refractivity contribution in [3.05, 3.63) is 107 Å². The van der Waals surface area contributed by atoms with E-state index in [1.165, 1.54) is 0 Å². The van der Waals surface area contributed by atoms with E-state index in [0.29, 0.717) is 52.9 Å². The molecule has 1 fully saturated rings. The Kier molecular flexibility index (Phi) is 11.5. The molecule has 1 saturated heterocycles. The number of aromatic nitrogens is 2. The summed E-state index contributed by atoms with van der Waals surface area (Å²) in [5, 5.41) is 0. The number of H-pyrrole nitrogens is 1. The first kappa shape index (κ1) is 29.5. The van der Waals surface area contributed by atoms with Gasteiger partial charge < -0.3 is 28.8 Å². The molecular formula is C35H39N3O4. The van der Waals surface area contributed by atoms with Crippen LogP contribution in [0.2, 0.25) is 0 Å². The molecule has 0 spiro atoms. The Morgan fingerprint density at radius 1 is 0.548 bits per heavy atom. The van der Waals surface area contributed by atoms with Crippen LogP contribution in [0.5, 0.6) is 0 Å². The van der Waals surface area contributed by atoms with Gasteiger partial charge in [0, 0.05) is 24.3 Å². The number of benzene rings is 3. The fraction of sp³-hybridized carbons (Fsp3) is 0.286. The van der Waals surface area contributed by atoms with Crippen molar-refractivity contribution in [3.8, 4) is 11.4 Å². The third-order valence-corrected chi connectivity index (χ3v) is 6.87. The van der Waals surface area contributed by atoms with Gasteiger partial charge in [-0.25, -0.2) is 4.98 Å². The molecule has 1 aliphatic heterocycles. The van der Waals surface area contributed by atoms with Crippen molar-refractivity contribution in [2.24, 2.45) is 0 Å². The lowest BCUT2D eigenvalue weighted by Gasteiger charge is -2.25. The van der Waals surface area contributed by atoms with Crippen LogP contribution in [-0.4, -0.2) is 75.9 Å². The van der Waals surface area contributed by atoms with Crippen molar-refractivity contribution in [1.29, 1.82) is 0 Å². The highest BCUT2D eigenvalue weighted by Gasteiger charge is 2.11. The summed E-state index contributed by atoms with van der Waals surface area (Å²) in [6, 6.07) is 29.1. The van der Waals surface area contributed by atoms with Gasteiger partial charge in [-0.1, -0.05) is 72.8 Å². The van der Waals surface area contributed by atoms with Crippen LogP contribution in [0.4, 0.5) is 5.69 Å². The quantitative estimate of drug-likeness (QED) is 0.296. The highest BCUT2D eigenvalue weighted by molar-refractivity contribution is 5.78. The normalized spacial score (nSPS) is 16.4. The summed E-state index contributed by atoms with van der Waals surface area (Å²) in [5.41, 5.74) is 6.24. The highest BCUT2D eigenvalue weighted by Crippen LogP contribution is 2.24. The first-order valence-electron chi connectivity index (χ1n) is 14.6. The van der Waals surface area contributed by atoms with Gasteiger partial charge >= 0.3 is 0 Å². The SMILES string of the molecule is C(=C\c1nc(-c2ccc(N3CCOCCOCCOCCOCC3)cc2)[nH]c1/C=C/c1ccccc1)/c1ccccc1. The molecule has 1 N–H and O–H groups in total. The third-order valence-electron chi connectivity index (χ3n) is 6.87. The first-order valence-corrected chi connectivity index (χ1v) is 14.6. The van der Waals surface area contributed by atoms with Crippen molar-refractivity contribution in [2.45, 2.75) is 0 Å². The number of hydrogen-bond acceptors (Lipinski definition) is 6. The van der Waals surface area contributed by atoms with E-state index in [-0.39, 0.29) is 0 Å².